The second-order valence-corrected chi connectivity index (χ2v) is 7.01. The van der Waals surface area contributed by atoms with E-state index in [0.717, 1.165) is 27.9 Å². The van der Waals surface area contributed by atoms with E-state index in [4.69, 9.17) is 0 Å². The third-order valence-corrected chi connectivity index (χ3v) is 4.70. The van der Waals surface area contributed by atoms with Gasteiger partial charge in [0.05, 0.1) is 11.4 Å². The van der Waals surface area contributed by atoms with Gasteiger partial charge in [-0.15, -0.1) is 0 Å². The number of hydrogen-bond donors (Lipinski definition) is 1. The molecular formula is C21H22N6O. The summed E-state index contributed by atoms with van der Waals surface area (Å²) in [5, 5.41) is 12.7. The Hall–Kier alpha value is -3.48. The number of carbonyl (C=O) groups excluding carboxylic acids is 1. The molecule has 142 valence electrons. The van der Waals surface area contributed by atoms with Gasteiger partial charge in [-0.05, 0) is 38.0 Å². The molecule has 4 rings (SSSR count). The Morgan fingerprint density at radius 2 is 1.93 bits per heavy atom. The Labute approximate surface area is 163 Å². The first-order valence-corrected chi connectivity index (χ1v) is 9.12. The molecule has 7 heteroatoms. The van der Waals surface area contributed by atoms with E-state index >= 15 is 0 Å². The fourth-order valence-corrected chi connectivity index (χ4v) is 3.49. The number of rotatable bonds is 4. The van der Waals surface area contributed by atoms with E-state index in [1.807, 2.05) is 32.0 Å². The summed E-state index contributed by atoms with van der Waals surface area (Å²) in [7, 11) is 1.80. The Morgan fingerprint density at radius 1 is 1.11 bits per heavy atom. The highest BCUT2D eigenvalue weighted by Gasteiger charge is 2.16. The van der Waals surface area contributed by atoms with Gasteiger partial charge in [0, 0.05) is 24.7 Å². The SMILES string of the molecule is Cc1cccc(-c2ccnc3c2c(C)nn3CC(=O)Nc2cc(C)nn2C)c1. The number of benzene rings is 1. The van der Waals surface area contributed by atoms with Gasteiger partial charge in [-0.25, -0.2) is 9.67 Å². The molecule has 0 saturated carbocycles. The molecule has 0 unspecified atom stereocenters. The van der Waals surface area contributed by atoms with Crippen LogP contribution in [0.15, 0.2) is 42.6 Å². The van der Waals surface area contributed by atoms with E-state index in [1.165, 1.54) is 5.56 Å². The zero-order valence-corrected chi connectivity index (χ0v) is 16.4. The van der Waals surface area contributed by atoms with Gasteiger partial charge in [0.15, 0.2) is 5.65 Å². The highest BCUT2D eigenvalue weighted by molar-refractivity contribution is 5.96. The average Bonchev–Trinajstić information content (AvgIpc) is 3.13. The fourth-order valence-electron chi connectivity index (χ4n) is 3.49. The topological polar surface area (TPSA) is 77.6 Å². The van der Waals surface area contributed by atoms with E-state index in [-0.39, 0.29) is 12.5 Å². The van der Waals surface area contributed by atoms with Crippen molar-refractivity contribution in [2.24, 2.45) is 7.05 Å². The van der Waals surface area contributed by atoms with Gasteiger partial charge in [0.25, 0.3) is 0 Å². The molecule has 0 aliphatic carbocycles. The predicted molar refractivity (Wildman–Crippen MR) is 109 cm³/mol. The molecule has 0 spiro atoms. The third kappa shape index (κ3) is 3.26. The first-order valence-electron chi connectivity index (χ1n) is 9.12. The largest absolute Gasteiger partial charge is 0.309 e. The summed E-state index contributed by atoms with van der Waals surface area (Å²) in [6.07, 6.45) is 1.76. The van der Waals surface area contributed by atoms with E-state index < -0.39 is 0 Å². The lowest BCUT2D eigenvalue weighted by Gasteiger charge is -2.07. The highest BCUT2D eigenvalue weighted by Crippen LogP contribution is 2.30. The summed E-state index contributed by atoms with van der Waals surface area (Å²) in [6, 6.07) is 12.2. The number of hydrogen-bond acceptors (Lipinski definition) is 4. The third-order valence-electron chi connectivity index (χ3n) is 4.70. The van der Waals surface area contributed by atoms with Crippen LogP contribution in [0.4, 0.5) is 5.82 Å². The minimum atomic E-state index is -0.171. The first kappa shape index (κ1) is 17.9. The number of carbonyl (C=O) groups is 1. The van der Waals surface area contributed by atoms with Crippen molar-refractivity contribution in [3.05, 3.63) is 59.5 Å². The van der Waals surface area contributed by atoms with Crippen LogP contribution in [0.1, 0.15) is 17.0 Å². The molecule has 4 aromatic rings. The minimum Gasteiger partial charge on any atom is -0.309 e. The van der Waals surface area contributed by atoms with Gasteiger partial charge < -0.3 is 5.32 Å². The number of nitrogens with zero attached hydrogens (tertiary/aromatic N) is 5. The van der Waals surface area contributed by atoms with E-state index in [9.17, 15) is 4.79 Å². The highest BCUT2D eigenvalue weighted by atomic mass is 16.2. The molecule has 1 amide bonds. The summed E-state index contributed by atoms with van der Waals surface area (Å²) in [5.41, 5.74) is 5.78. The van der Waals surface area contributed by atoms with Gasteiger partial charge in [-0.3, -0.25) is 9.48 Å². The number of pyridine rings is 1. The van der Waals surface area contributed by atoms with Gasteiger partial charge >= 0.3 is 0 Å². The van der Waals surface area contributed by atoms with Crippen molar-refractivity contribution in [3.63, 3.8) is 0 Å². The van der Waals surface area contributed by atoms with Crippen LogP contribution in [0, 0.1) is 20.8 Å². The molecule has 0 bridgehead atoms. The van der Waals surface area contributed by atoms with E-state index in [0.29, 0.717) is 11.5 Å². The zero-order chi connectivity index (χ0) is 19.8. The number of aryl methyl sites for hydroxylation is 4. The molecule has 3 aromatic heterocycles. The molecule has 0 aliphatic heterocycles. The molecule has 0 radical (unpaired) electrons. The molecular weight excluding hydrogens is 352 g/mol. The second-order valence-electron chi connectivity index (χ2n) is 7.01. The Balaban J connectivity index is 1.68. The zero-order valence-electron chi connectivity index (χ0n) is 16.4. The van der Waals surface area contributed by atoms with Crippen LogP contribution < -0.4 is 5.32 Å². The molecule has 0 saturated heterocycles. The van der Waals surface area contributed by atoms with Gasteiger partial charge in [0.1, 0.15) is 12.4 Å². The number of aromatic nitrogens is 5. The van der Waals surface area contributed by atoms with Crippen molar-refractivity contribution in [1.82, 2.24) is 24.5 Å². The monoisotopic (exact) mass is 374 g/mol. The van der Waals surface area contributed by atoms with Crippen molar-refractivity contribution in [3.8, 4) is 11.1 Å². The van der Waals surface area contributed by atoms with Crippen LogP contribution in [0.25, 0.3) is 22.2 Å². The standard InChI is InChI=1S/C21H22N6O/c1-13-6-5-7-16(10-13)17-8-9-22-21-20(17)15(3)25-27(21)12-19(28)23-18-11-14(2)24-26(18)4/h5-11H,12H2,1-4H3,(H,23,28). The van der Waals surface area contributed by atoms with Gasteiger partial charge in [-0.2, -0.15) is 10.2 Å². The van der Waals surface area contributed by atoms with E-state index in [2.05, 4.69) is 45.6 Å². The van der Waals surface area contributed by atoms with Crippen LogP contribution in [-0.4, -0.2) is 30.5 Å². The maximum absolute atomic E-state index is 12.6. The second kappa shape index (κ2) is 6.92. The van der Waals surface area contributed by atoms with Crippen molar-refractivity contribution >= 4 is 22.8 Å². The van der Waals surface area contributed by atoms with Crippen LogP contribution in [0.3, 0.4) is 0 Å². The Kier molecular flexibility index (Phi) is 4.43. The van der Waals surface area contributed by atoms with Crippen molar-refractivity contribution in [2.75, 3.05) is 5.32 Å². The number of nitrogens with one attached hydrogen (secondary N) is 1. The van der Waals surface area contributed by atoms with Gasteiger partial charge in [-0.1, -0.05) is 29.8 Å². The Bertz CT molecular complexity index is 1190. The van der Waals surface area contributed by atoms with E-state index in [1.54, 1.807) is 22.6 Å². The average molecular weight is 374 g/mol. The van der Waals surface area contributed by atoms with Crippen LogP contribution >= 0.6 is 0 Å². The number of fused-ring (bicyclic) bond motifs is 1. The van der Waals surface area contributed by atoms with Gasteiger partial charge in [0.2, 0.25) is 5.91 Å². The van der Waals surface area contributed by atoms with Crippen LogP contribution in [-0.2, 0) is 18.4 Å². The molecule has 0 fully saturated rings. The molecule has 3 heterocycles. The lowest BCUT2D eigenvalue weighted by Crippen LogP contribution is -2.21. The predicted octanol–water partition coefficient (Wildman–Crippen LogP) is 3.40. The lowest BCUT2D eigenvalue weighted by molar-refractivity contribution is -0.116. The van der Waals surface area contributed by atoms with Crippen molar-refractivity contribution in [1.29, 1.82) is 0 Å². The normalized spacial score (nSPS) is 11.1. The smallest absolute Gasteiger partial charge is 0.247 e. The maximum atomic E-state index is 12.6. The van der Waals surface area contributed by atoms with Crippen molar-refractivity contribution in [2.45, 2.75) is 27.3 Å². The summed E-state index contributed by atoms with van der Waals surface area (Å²) in [6.45, 7) is 5.99. The molecule has 28 heavy (non-hydrogen) atoms. The van der Waals surface area contributed by atoms with Crippen molar-refractivity contribution < 1.29 is 4.79 Å². The fraction of sp³-hybridized carbons (Fsp3) is 0.238. The molecule has 7 nitrogen and oxygen atoms in total. The van der Waals surface area contributed by atoms with Crippen LogP contribution in [0.2, 0.25) is 0 Å². The minimum absolute atomic E-state index is 0.0822. The van der Waals surface area contributed by atoms with Crippen LogP contribution in [0.5, 0.6) is 0 Å². The summed E-state index contributed by atoms with van der Waals surface area (Å²) in [4.78, 5) is 17.1. The maximum Gasteiger partial charge on any atom is 0.247 e. The first-order chi connectivity index (χ1) is 13.4. The summed E-state index contributed by atoms with van der Waals surface area (Å²) in [5.74, 6) is 0.485. The molecule has 0 aliphatic rings. The lowest BCUT2D eigenvalue weighted by atomic mass is 10.0. The summed E-state index contributed by atoms with van der Waals surface area (Å²) >= 11 is 0. The molecule has 1 N–H and O–H groups in total. The number of amides is 1. The molecule has 0 atom stereocenters. The molecule has 1 aromatic carbocycles. The summed E-state index contributed by atoms with van der Waals surface area (Å²) < 4.78 is 3.30. The quantitative estimate of drug-likeness (QED) is 0.594. The Morgan fingerprint density at radius 3 is 2.64 bits per heavy atom. The number of anilines is 1.